The number of aliphatic carboxylic acids is 1. The Kier molecular flexibility index (Phi) is 16.3. The number of carbonyl (C=O) groups is 1. The molecule has 1 radical (unpaired) electrons. The van der Waals surface area contributed by atoms with Gasteiger partial charge < -0.3 is 29.6 Å². The van der Waals surface area contributed by atoms with E-state index in [2.05, 4.69) is 0 Å². The van der Waals surface area contributed by atoms with Gasteiger partial charge in [0, 0.05) is 45.9 Å². The fourth-order valence-corrected chi connectivity index (χ4v) is 0.783. The molecule has 0 aliphatic carbocycles. The molecule has 6 nitrogen and oxygen atoms in total. The quantitative estimate of drug-likeness (QED) is 0.610. The van der Waals surface area contributed by atoms with Crippen molar-refractivity contribution >= 4 is 5.97 Å². The Morgan fingerprint density at radius 2 is 1.67 bits per heavy atom. The topological polar surface area (TPSA) is 99.1 Å². The van der Waals surface area contributed by atoms with E-state index in [0.717, 1.165) is 0 Å². The summed E-state index contributed by atoms with van der Waals surface area (Å²) in [6.07, 6.45) is -1.16. The number of carboxylic acids is 1. The minimum Gasteiger partial charge on any atom is -0.549 e. The maximum absolute atomic E-state index is 10.7. The predicted molar refractivity (Wildman–Crippen MR) is 60.0 cm³/mol. The van der Waals surface area contributed by atoms with Gasteiger partial charge in [-0.25, -0.2) is 0 Å². The van der Waals surface area contributed by atoms with Gasteiger partial charge >= 0.3 is 0 Å². The van der Waals surface area contributed by atoms with Crippen molar-refractivity contribution in [2.45, 2.75) is 40.1 Å². The van der Waals surface area contributed by atoms with Gasteiger partial charge in [-0.2, -0.15) is 0 Å². The molecule has 0 fully saturated rings. The van der Waals surface area contributed by atoms with Crippen molar-refractivity contribution in [2.24, 2.45) is 5.41 Å². The summed E-state index contributed by atoms with van der Waals surface area (Å²) in [5.41, 5.74) is -1.22. The van der Waals surface area contributed by atoms with E-state index in [-0.39, 0.29) is 52.0 Å². The van der Waals surface area contributed by atoms with Crippen molar-refractivity contribution in [3.8, 4) is 0 Å². The van der Waals surface area contributed by atoms with Gasteiger partial charge in [0.1, 0.15) is 0 Å². The molecule has 0 heterocycles. The van der Waals surface area contributed by atoms with E-state index in [1.54, 1.807) is 13.8 Å². The van der Waals surface area contributed by atoms with E-state index >= 15 is 0 Å². The van der Waals surface area contributed by atoms with Crippen molar-refractivity contribution in [3.63, 3.8) is 0 Å². The molecule has 0 aromatic rings. The van der Waals surface area contributed by atoms with E-state index in [0.29, 0.717) is 0 Å². The van der Waals surface area contributed by atoms with Crippen LogP contribution in [0, 0.1) is 5.41 Å². The van der Waals surface area contributed by atoms with E-state index in [1.807, 2.05) is 0 Å². The van der Waals surface area contributed by atoms with Crippen LogP contribution in [0.4, 0.5) is 0 Å². The molecule has 0 amide bonds. The molecule has 18 heavy (non-hydrogen) atoms. The number of aliphatic hydroxyl groups is 2. The molecular formula is C11H23O6Y-. The molecule has 0 aliphatic rings. The number of carboxylic acid groups (broad SMARTS) is 1. The van der Waals surface area contributed by atoms with Crippen LogP contribution >= 0.6 is 0 Å². The largest absolute Gasteiger partial charge is 0.549 e. The summed E-state index contributed by atoms with van der Waals surface area (Å²) >= 11 is 0. The van der Waals surface area contributed by atoms with Crippen LogP contribution in [0.1, 0.15) is 27.7 Å². The first-order valence-corrected chi connectivity index (χ1v) is 5.34. The fourth-order valence-electron chi connectivity index (χ4n) is 0.783. The Morgan fingerprint density at radius 3 is 1.89 bits per heavy atom. The van der Waals surface area contributed by atoms with Gasteiger partial charge in [-0.1, -0.05) is 0 Å². The number of aliphatic hydroxyl groups excluding tert-OH is 2. The average Bonchev–Trinajstić information content (AvgIpc) is 2.14. The molecule has 2 N–H and O–H groups in total. The number of carbonyl (C=O) groups excluding carboxylic acids is 1. The van der Waals surface area contributed by atoms with Crippen molar-refractivity contribution < 1.29 is 62.3 Å². The molecule has 0 bridgehead atoms. The van der Waals surface area contributed by atoms with E-state index in [1.165, 1.54) is 21.0 Å². The molecule has 0 rings (SSSR count). The zero-order valence-electron chi connectivity index (χ0n) is 11.7. The van der Waals surface area contributed by atoms with Crippen molar-refractivity contribution in [1.29, 1.82) is 0 Å². The third-order valence-corrected chi connectivity index (χ3v) is 1.60. The monoisotopic (exact) mass is 340 g/mol. The maximum Gasteiger partial charge on any atom is 0.151 e. The first-order chi connectivity index (χ1) is 7.65. The summed E-state index contributed by atoms with van der Waals surface area (Å²) in [6, 6.07) is 0. The molecule has 0 aromatic carbocycles. The summed E-state index contributed by atoms with van der Waals surface area (Å²) < 4.78 is 9.49. The molecule has 0 aromatic heterocycles. The Balaban J connectivity index is -0.000000392. The van der Waals surface area contributed by atoms with Crippen LogP contribution in [0.2, 0.25) is 0 Å². The Hall–Kier alpha value is 0.414. The second kappa shape index (κ2) is 12.4. The molecule has 0 aliphatic heterocycles. The maximum atomic E-state index is 10.7. The molecule has 0 saturated heterocycles. The molecule has 2 atom stereocenters. The summed E-state index contributed by atoms with van der Waals surface area (Å²) in [7, 11) is 1.39. The number of methoxy groups -OCH3 is 1. The molecule has 0 saturated carbocycles. The first-order valence-electron chi connectivity index (χ1n) is 5.34. The second-order valence-electron chi connectivity index (χ2n) is 4.29. The van der Waals surface area contributed by atoms with Gasteiger partial charge in [-0.05, 0) is 27.7 Å². The summed E-state index contributed by atoms with van der Waals surface area (Å²) in [5, 5.41) is 27.5. The number of hydrogen-bond donors (Lipinski definition) is 2. The Labute approximate surface area is 134 Å². The zero-order chi connectivity index (χ0) is 14.1. The first kappa shape index (κ1) is 23.5. The van der Waals surface area contributed by atoms with E-state index < -0.39 is 17.7 Å². The fraction of sp³-hybridized carbons (Fsp3) is 0.909. The van der Waals surface area contributed by atoms with Crippen LogP contribution in [0.3, 0.4) is 0 Å². The number of rotatable bonds is 6. The van der Waals surface area contributed by atoms with Gasteiger partial charge in [-0.15, -0.1) is 0 Å². The van der Waals surface area contributed by atoms with Crippen LogP contribution in [-0.2, 0) is 47.0 Å². The van der Waals surface area contributed by atoms with Gasteiger partial charge in [0.05, 0.1) is 24.6 Å². The standard InChI is InChI=1S/C8H16O5.C3H8O.Y/c1-6(9)13-5-8(2,4-12-3)7(10)11;1-3(2)4;/h6,9H,4-5H2,1-3H3,(H,10,11);3-4H,1-2H3;/p-1. The van der Waals surface area contributed by atoms with Crippen LogP contribution in [0.15, 0.2) is 0 Å². The molecular weight excluding hydrogens is 317 g/mol. The van der Waals surface area contributed by atoms with Crippen molar-refractivity contribution in [2.75, 3.05) is 20.3 Å². The third-order valence-electron chi connectivity index (χ3n) is 1.60. The average molecular weight is 340 g/mol. The molecule has 2 unspecified atom stereocenters. The van der Waals surface area contributed by atoms with Crippen molar-refractivity contribution in [3.05, 3.63) is 0 Å². The Bertz CT molecular complexity index is 207. The smallest absolute Gasteiger partial charge is 0.151 e. The van der Waals surface area contributed by atoms with Gasteiger partial charge in [0.2, 0.25) is 0 Å². The van der Waals surface area contributed by atoms with Crippen LogP contribution < -0.4 is 5.11 Å². The summed E-state index contributed by atoms with van der Waals surface area (Å²) in [4.78, 5) is 10.7. The minimum atomic E-state index is -1.25. The van der Waals surface area contributed by atoms with Crippen molar-refractivity contribution in [1.82, 2.24) is 0 Å². The zero-order valence-corrected chi connectivity index (χ0v) is 14.5. The Morgan fingerprint density at radius 1 is 1.28 bits per heavy atom. The molecule has 7 heteroatoms. The van der Waals surface area contributed by atoms with E-state index in [9.17, 15) is 9.90 Å². The van der Waals surface area contributed by atoms with Crippen LogP contribution in [0.5, 0.6) is 0 Å². The van der Waals surface area contributed by atoms with Crippen LogP contribution in [-0.4, -0.2) is 48.9 Å². The summed E-state index contributed by atoms with van der Waals surface area (Å²) in [5.74, 6) is -1.25. The van der Waals surface area contributed by atoms with Gasteiger partial charge in [-0.3, -0.25) is 0 Å². The van der Waals surface area contributed by atoms with Crippen LogP contribution in [0.25, 0.3) is 0 Å². The third kappa shape index (κ3) is 14.5. The molecule has 107 valence electrons. The number of hydrogen-bond acceptors (Lipinski definition) is 6. The van der Waals surface area contributed by atoms with E-state index in [4.69, 9.17) is 19.7 Å². The normalized spacial score (nSPS) is 14.9. The molecule has 0 spiro atoms. The van der Waals surface area contributed by atoms with Gasteiger partial charge in [0.15, 0.2) is 6.29 Å². The van der Waals surface area contributed by atoms with Gasteiger partial charge in [0.25, 0.3) is 0 Å². The minimum absolute atomic E-state index is 0. The second-order valence-corrected chi connectivity index (χ2v) is 4.29. The SMILES string of the molecule is CC(C)O.COCC(C)(COC(C)O)C(=O)[O-].[Y]. The number of ether oxygens (including phenoxy) is 2. The predicted octanol–water partition coefficient (Wildman–Crippen LogP) is -0.871. The summed E-state index contributed by atoms with van der Waals surface area (Å²) in [6.45, 7) is 6.14.